The SMILES string of the molecule is O=C1Nc2cccc(Br)c2C1=C1CCNCC1. The van der Waals surface area contributed by atoms with Gasteiger partial charge in [-0.15, -0.1) is 0 Å². The van der Waals surface area contributed by atoms with E-state index in [4.69, 9.17) is 0 Å². The number of hydrogen-bond acceptors (Lipinski definition) is 2. The van der Waals surface area contributed by atoms with Crippen molar-refractivity contribution in [2.45, 2.75) is 12.8 Å². The molecule has 0 spiro atoms. The van der Waals surface area contributed by atoms with Gasteiger partial charge in [0.25, 0.3) is 5.91 Å². The number of carbonyl (C=O) groups excluding carboxylic acids is 1. The van der Waals surface area contributed by atoms with E-state index in [1.54, 1.807) is 0 Å². The van der Waals surface area contributed by atoms with E-state index in [1.165, 1.54) is 5.57 Å². The summed E-state index contributed by atoms with van der Waals surface area (Å²) in [7, 11) is 0. The Labute approximate surface area is 108 Å². The van der Waals surface area contributed by atoms with Crippen LogP contribution in [0.5, 0.6) is 0 Å². The average Bonchev–Trinajstić information content (AvgIpc) is 2.68. The number of fused-ring (bicyclic) bond motifs is 1. The summed E-state index contributed by atoms with van der Waals surface area (Å²) in [6, 6.07) is 5.88. The van der Waals surface area contributed by atoms with E-state index in [-0.39, 0.29) is 5.91 Å². The van der Waals surface area contributed by atoms with Gasteiger partial charge in [0.05, 0.1) is 5.69 Å². The molecule has 0 unspecified atom stereocenters. The molecule has 1 aromatic rings. The molecule has 1 aromatic carbocycles. The second-order valence-corrected chi connectivity index (χ2v) is 5.20. The van der Waals surface area contributed by atoms with Crippen LogP contribution in [0, 0.1) is 0 Å². The van der Waals surface area contributed by atoms with Crippen LogP contribution in [0.25, 0.3) is 5.57 Å². The van der Waals surface area contributed by atoms with Gasteiger partial charge in [0.1, 0.15) is 0 Å². The molecule has 0 saturated carbocycles. The molecule has 0 atom stereocenters. The number of rotatable bonds is 0. The molecular weight excluding hydrogens is 280 g/mol. The molecule has 17 heavy (non-hydrogen) atoms. The van der Waals surface area contributed by atoms with Gasteiger partial charge in [0.2, 0.25) is 0 Å². The lowest BCUT2D eigenvalue weighted by atomic mass is 9.95. The van der Waals surface area contributed by atoms with Gasteiger partial charge in [-0.05, 0) is 38.1 Å². The second-order valence-electron chi connectivity index (χ2n) is 4.35. The fourth-order valence-corrected chi connectivity index (χ4v) is 3.06. The second kappa shape index (κ2) is 4.27. The molecule has 3 nitrogen and oxygen atoms in total. The third-order valence-corrected chi connectivity index (χ3v) is 3.96. The first-order chi connectivity index (χ1) is 8.27. The maximum absolute atomic E-state index is 12.1. The van der Waals surface area contributed by atoms with Crippen molar-refractivity contribution in [1.82, 2.24) is 5.32 Å². The molecule has 3 rings (SSSR count). The van der Waals surface area contributed by atoms with Gasteiger partial charge in [0.15, 0.2) is 0 Å². The van der Waals surface area contributed by atoms with Crippen molar-refractivity contribution in [3.05, 3.63) is 33.8 Å². The molecule has 0 radical (unpaired) electrons. The summed E-state index contributed by atoms with van der Waals surface area (Å²) in [5.41, 5.74) is 4.11. The molecule has 2 aliphatic rings. The minimum Gasteiger partial charge on any atom is -0.321 e. The third kappa shape index (κ3) is 1.81. The van der Waals surface area contributed by atoms with Crippen LogP contribution in [0.15, 0.2) is 28.2 Å². The van der Waals surface area contributed by atoms with Crippen molar-refractivity contribution in [1.29, 1.82) is 0 Å². The number of hydrogen-bond donors (Lipinski definition) is 2. The number of piperidine rings is 1. The first-order valence-corrected chi connectivity index (χ1v) is 6.59. The highest BCUT2D eigenvalue weighted by molar-refractivity contribution is 9.10. The number of carbonyl (C=O) groups is 1. The van der Waals surface area contributed by atoms with Crippen molar-refractivity contribution in [2.24, 2.45) is 0 Å². The quantitative estimate of drug-likeness (QED) is 0.722. The smallest absolute Gasteiger partial charge is 0.256 e. The van der Waals surface area contributed by atoms with E-state index in [0.717, 1.165) is 47.2 Å². The van der Waals surface area contributed by atoms with Crippen molar-refractivity contribution < 1.29 is 4.79 Å². The molecule has 1 saturated heterocycles. The first-order valence-electron chi connectivity index (χ1n) is 5.80. The van der Waals surface area contributed by atoms with E-state index in [1.807, 2.05) is 18.2 Å². The summed E-state index contributed by atoms with van der Waals surface area (Å²) < 4.78 is 0.995. The lowest BCUT2D eigenvalue weighted by Crippen LogP contribution is -2.24. The standard InChI is InChI=1S/C13H13BrN2O/c14-9-2-1-3-10-12(9)11(13(17)16-10)8-4-6-15-7-5-8/h1-3,15H,4-7H2,(H,16,17). The van der Waals surface area contributed by atoms with Crippen molar-refractivity contribution >= 4 is 33.1 Å². The van der Waals surface area contributed by atoms with E-state index >= 15 is 0 Å². The third-order valence-electron chi connectivity index (χ3n) is 3.30. The van der Waals surface area contributed by atoms with Crippen molar-refractivity contribution in [3.8, 4) is 0 Å². The minimum atomic E-state index is 0.0452. The van der Waals surface area contributed by atoms with Gasteiger partial charge < -0.3 is 10.6 Å². The molecular formula is C13H13BrN2O. The van der Waals surface area contributed by atoms with Gasteiger partial charge in [0, 0.05) is 15.6 Å². The predicted octanol–water partition coefficient (Wildman–Crippen LogP) is 2.54. The minimum absolute atomic E-state index is 0.0452. The number of benzene rings is 1. The zero-order chi connectivity index (χ0) is 11.8. The van der Waals surface area contributed by atoms with E-state index in [0.29, 0.717) is 0 Å². The van der Waals surface area contributed by atoms with Gasteiger partial charge in [-0.25, -0.2) is 0 Å². The van der Waals surface area contributed by atoms with Crippen LogP contribution in [0.2, 0.25) is 0 Å². The van der Waals surface area contributed by atoms with E-state index in [2.05, 4.69) is 26.6 Å². The summed E-state index contributed by atoms with van der Waals surface area (Å²) in [6.45, 7) is 1.93. The van der Waals surface area contributed by atoms with Gasteiger partial charge in [-0.3, -0.25) is 4.79 Å². The molecule has 0 aromatic heterocycles. The Hall–Kier alpha value is -1.13. The lowest BCUT2D eigenvalue weighted by molar-refractivity contribution is -0.110. The van der Waals surface area contributed by atoms with Crippen LogP contribution in [-0.4, -0.2) is 19.0 Å². The Balaban J connectivity index is 2.16. The van der Waals surface area contributed by atoms with Crippen LogP contribution in [0.1, 0.15) is 18.4 Å². The molecule has 0 aliphatic carbocycles. The fourth-order valence-electron chi connectivity index (χ4n) is 2.50. The number of halogens is 1. The molecule has 1 amide bonds. The topological polar surface area (TPSA) is 41.1 Å². The Kier molecular flexibility index (Phi) is 2.76. The number of nitrogens with one attached hydrogen (secondary N) is 2. The summed E-state index contributed by atoms with van der Waals surface area (Å²) in [5, 5.41) is 6.25. The van der Waals surface area contributed by atoms with Gasteiger partial charge in [-0.1, -0.05) is 27.6 Å². The molecule has 1 fully saturated rings. The van der Waals surface area contributed by atoms with Crippen LogP contribution in [0.4, 0.5) is 5.69 Å². The van der Waals surface area contributed by atoms with Crippen LogP contribution < -0.4 is 10.6 Å². The van der Waals surface area contributed by atoms with Crippen LogP contribution in [-0.2, 0) is 4.79 Å². The zero-order valence-corrected chi connectivity index (χ0v) is 10.9. The Morgan fingerprint density at radius 1 is 1.18 bits per heavy atom. The lowest BCUT2D eigenvalue weighted by Gasteiger charge is -2.17. The van der Waals surface area contributed by atoms with Crippen LogP contribution >= 0.6 is 15.9 Å². The molecule has 4 heteroatoms. The average molecular weight is 293 g/mol. The zero-order valence-electron chi connectivity index (χ0n) is 9.35. The maximum atomic E-state index is 12.1. The largest absolute Gasteiger partial charge is 0.321 e. The number of amides is 1. The Morgan fingerprint density at radius 3 is 2.71 bits per heavy atom. The fraction of sp³-hybridized carbons (Fsp3) is 0.308. The first kappa shape index (κ1) is 11.0. The molecule has 2 heterocycles. The number of anilines is 1. The summed E-state index contributed by atoms with van der Waals surface area (Å²) in [6.07, 6.45) is 1.92. The highest BCUT2D eigenvalue weighted by atomic mass is 79.9. The van der Waals surface area contributed by atoms with Gasteiger partial charge in [-0.2, -0.15) is 0 Å². The van der Waals surface area contributed by atoms with Gasteiger partial charge >= 0.3 is 0 Å². The van der Waals surface area contributed by atoms with Crippen molar-refractivity contribution in [3.63, 3.8) is 0 Å². The van der Waals surface area contributed by atoms with Crippen LogP contribution in [0.3, 0.4) is 0 Å². The summed E-state index contributed by atoms with van der Waals surface area (Å²) in [5.74, 6) is 0.0452. The molecule has 0 bridgehead atoms. The summed E-state index contributed by atoms with van der Waals surface area (Å²) in [4.78, 5) is 12.1. The summed E-state index contributed by atoms with van der Waals surface area (Å²) >= 11 is 3.54. The maximum Gasteiger partial charge on any atom is 0.256 e. The highest BCUT2D eigenvalue weighted by Crippen LogP contribution is 2.40. The van der Waals surface area contributed by atoms with Crippen molar-refractivity contribution in [2.75, 3.05) is 18.4 Å². The monoisotopic (exact) mass is 292 g/mol. The Bertz CT molecular complexity index is 514. The van der Waals surface area contributed by atoms with E-state index < -0.39 is 0 Å². The highest BCUT2D eigenvalue weighted by Gasteiger charge is 2.29. The molecule has 2 N–H and O–H groups in total. The molecule has 2 aliphatic heterocycles. The normalized spacial score (nSPS) is 19.2. The van der Waals surface area contributed by atoms with E-state index in [9.17, 15) is 4.79 Å². The predicted molar refractivity (Wildman–Crippen MR) is 71.8 cm³/mol. The molecule has 88 valence electrons. The Morgan fingerprint density at radius 2 is 1.94 bits per heavy atom.